The van der Waals surface area contributed by atoms with Crippen LogP contribution in [0, 0.1) is 13.8 Å². The minimum Gasteiger partial charge on any atom is -0.464 e. The number of carbonyl (C=O) groups is 1. The molecule has 0 aliphatic rings. The molecule has 1 rings (SSSR count). The van der Waals surface area contributed by atoms with Gasteiger partial charge in [-0.05, 0) is 20.3 Å². The van der Waals surface area contributed by atoms with Gasteiger partial charge in [0.05, 0.1) is 23.7 Å². The van der Waals surface area contributed by atoms with E-state index in [1.54, 1.807) is 4.68 Å². The number of nitrogens with zero attached hydrogens (tertiary/aromatic N) is 2. The fraction of sp³-hybridized carbons (Fsp3) is 0.636. The number of nitrogens with two attached hydrogens (primary N) is 1. The van der Waals surface area contributed by atoms with Crippen molar-refractivity contribution in [1.82, 2.24) is 9.78 Å². The van der Waals surface area contributed by atoms with E-state index in [0.717, 1.165) is 24.2 Å². The monoisotopic (exact) mass is 225 g/mol. The summed E-state index contributed by atoms with van der Waals surface area (Å²) in [4.78, 5) is 11.4. The van der Waals surface area contributed by atoms with Crippen molar-refractivity contribution in [3.63, 3.8) is 0 Å². The molecule has 1 heterocycles. The normalized spacial score (nSPS) is 10.4. The zero-order chi connectivity index (χ0) is 12.1. The lowest BCUT2D eigenvalue weighted by molar-refractivity contribution is -0.144. The number of hydrogen-bond acceptors (Lipinski definition) is 4. The van der Waals surface area contributed by atoms with Gasteiger partial charge < -0.3 is 10.5 Å². The van der Waals surface area contributed by atoms with Gasteiger partial charge in [0.1, 0.15) is 6.54 Å². The van der Waals surface area contributed by atoms with Crippen LogP contribution in [0.2, 0.25) is 0 Å². The van der Waals surface area contributed by atoms with Crippen molar-refractivity contribution in [3.05, 3.63) is 11.4 Å². The van der Waals surface area contributed by atoms with E-state index in [0.29, 0.717) is 12.3 Å². The lowest BCUT2D eigenvalue weighted by Crippen LogP contribution is -2.16. The van der Waals surface area contributed by atoms with Gasteiger partial charge in [-0.25, -0.2) is 0 Å². The van der Waals surface area contributed by atoms with Crippen LogP contribution in [0.4, 0.5) is 5.69 Å². The highest BCUT2D eigenvalue weighted by atomic mass is 16.5. The average Bonchev–Trinajstić information content (AvgIpc) is 2.47. The number of aromatic nitrogens is 2. The van der Waals surface area contributed by atoms with Crippen molar-refractivity contribution in [1.29, 1.82) is 0 Å². The van der Waals surface area contributed by atoms with E-state index >= 15 is 0 Å². The van der Waals surface area contributed by atoms with Gasteiger partial charge >= 0.3 is 5.97 Å². The van der Waals surface area contributed by atoms with Crippen LogP contribution in [-0.4, -0.2) is 22.4 Å². The molecule has 0 bridgehead atoms. The Bertz CT molecular complexity index is 372. The number of nitrogen functional groups attached to an aromatic ring is 1. The van der Waals surface area contributed by atoms with Crippen molar-refractivity contribution >= 4 is 11.7 Å². The minimum absolute atomic E-state index is 0.133. The predicted molar refractivity (Wildman–Crippen MR) is 62.0 cm³/mol. The van der Waals surface area contributed by atoms with E-state index < -0.39 is 0 Å². The van der Waals surface area contributed by atoms with Gasteiger partial charge in [-0.15, -0.1) is 0 Å². The van der Waals surface area contributed by atoms with Gasteiger partial charge in [-0.3, -0.25) is 9.48 Å². The van der Waals surface area contributed by atoms with Gasteiger partial charge in [0.15, 0.2) is 0 Å². The summed E-state index contributed by atoms with van der Waals surface area (Å²) >= 11 is 0. The van der Waals surface area contributed by atoms with Crippen molar-refractivity contribution in [2.75, 3.05) is 12.3 Å². The number of aryl methyl sites for hydroxylation is 1. The average molecular weight is 225 g/mol. The number of ether oxygens (including phenoxy) is 1. The van der Waals surface area contributed by atoms with E-state index in [2.05, 4.69) is 12.0 Å². The first-order valence-corrected chi connectivity index (χ1v) is 5.51. The summed E-state index contributed by atoms with van der Waals surface area (Å²) in [6.45, 7) is 6.32. The molecule has 2 N–H and O–H groups in total. The molecule has 0 spiro atoms. The Balaban J connectivity index is 2.53. The van der Waals surface area contributed by atoms with E-state index in [1.165, 1.54) is 0 Å². The maximum atomic E-state index is 11.4. The molecule has 0 atom stereocenters. The third-order valence-electron chi connectivity index (χ3n) is 2.48. The van der Waals surface area contributed by atoms with Crippen LogP contribution < -0.4 is 5.73 Å². The number of carbonyl (C=O) groups excluding carboxylic acids is 1. The molecule has 0 aliphatic carbocycles. The highest BCUT2D eigenvalue weighted by molar-refractivity contribution is 5.69. The molecule has 0 fully saturated rings. The second-order valence-corrected chi connectivity index (χ2v) is 3.82. The number of unbranched alkanes of at least 4 members (excludes halogenated alkanes) is 1. The number of rotatable bonds is 5. The highest BCUT2D eigenvalue weighted by Crippen LogP contribution is 2.14. The van der Waals surface area contributed by atoms with Crippen LogP contribution >= 0.6 is 0 Å². The van der Waals surface area contributed by atoms with Gasteiger partial charge in [-0.2, -0.15) is 5.10 Å². The Morgan fingerprint density at radius 1 is 1.50 bits per heavy atom. The molecule has 1 aromatic heterocycles. The fourth-order valence-corrected chi connectivity index (χ4v) is 1.36. The Morgan fingerprint density at radius 2 is 2.19 bits per heavy atom. The number of esters is 1. The lowest BCUT2D eigenvalue weighted by atomic mass is 10.3. The van der Waals surface area contributed by atoms with Crippen LogP contribution in [0.1, 0.15) is 31.2 Å². The molecule has 1 aromatic rings. The summed E-state index contributed by atoms with van der Waals surface area (Å²) in [7, 11) is 0. The third-order valence-corrected chi connectivity index (χ3v) is 2.48. The summed E-state index contributed by atoms with van der Waals surface area (Å²) in [6.07, 6.45) is 1.91. The van der Waals surface area contributed by atoms with Crippen molar-refractivity contribution in [2.24, 2.45) is 0 Å². The smallest absolute Gasteiger partial charge is 0.327 e. The largest absolute Gasteiger partial charge is 0.464 e. The molecule has 0 saturated heterocycles. The first-order chi connectivity index (χ1) is 7.56. The van der Waals surface area contributed by atoms with Crippen LogP contribution in [0.25, 0.3) is 0 Å². The second kappa shape index (κ2) is 5.53. The van der Waals surface area contributed by atoms with E-state index in [1.807, 2.05) is 13.8 Å². The highest BCUT2D eigenvalue weighted by Gasteiger charge is 2.11. The molecular weight excluding hydrogens is 206 g/mol. The Morgan fingerprint density at radius 3 is 2.69 bits per heavy atom. The standard InChI is InChI=1S/C11H19N3O2/c1-4-5-6-16-10(15)7-14-9(3)11(12)8(2)13-14/h4-7,12H2,1-3H3. The summed E-state index contributed by atoms with van der Waals surface area (Å²) in [5, 5.41) is 4.17. The van der Waals surface area contributed by atoms with Crippen LogP contribution in [0.15, 0.2) is 0 Å². The molecule has 5 nitrogen and oxygen atoms in total. The fourth-order valence-electron chi connectivity index (χ4n) is 1.36. The SMILES string of the molecule is CCCCOC(=O)Cn1nc(C)c(N)c1C. The maximum Gasteiger partial charge on any atom is 0.327 e. The Labute approximate surface area is 95.6 Å². The minimum atomic E-state index is -0.265. The van der Waals surface area contributed by atoms with E-state index in [4.69, 9.17) is 10.5 Å². The molecule has 16 heavy (non-hydrogen) atoms. The van der Waals surface area contributed by atoms with Crippen molar-refractivity contribution in [2.45, 2.75) is 40.2 Å². The molecule has 0 aromatic carbocycles. The molecule has 0 radical (unpaired) electrons. The van der Waals surface area contributed by atoms with Crippen molar-refractivity contribution in [3.8, 4) is 0 Å². The zero-order valence-electron chi connectivity index (χ0n) is 10.1. The lowest BCUT2D eigenvalue weighted by Gasteiger charge is -2.05. The molecule has 0 aliphatic heterocycles. The van der Waals surface area contributed by atoms with Crippen LogP contribution in [-0.2, 0) is 16.1 Å². The quantitative estimate of drug-likeness (QED) is 0.608. The van der Waals surface area contributed by atoms with Gasteiger partial charge in [0.2, 0.25) is 0 Å². The topological polar surface area (TPSA) is 70.1 Å². The van der Waals surface area contributed by atoms with E-state index in [9.17, 15) is 4.79 Å². The van der Waals surface area contributed by atoms with Gasteiger partial charge in [0, 0.05) is 0 Å². The Hall–Kier alpha value is -1.52. The summed E-state index contributed by atoms with van der Waals surface area (Å²) < 4.78 is 6.63. The molecule has 0 saturated carbocycles. The first-order valence-electron chi connectivity index (χ1n) is 5.51. The summed E-state index contributed by atoms with van der Waals surface area (Å²) in [5.41, 5.74) is 7.96. The molecule has 5 heteroatoms. The zero-order valence-corrected chi connectivity index (χ0v) is 10.1. The van der Waals surface area contributed by atoms with Crippen molar-refractivity contribution < 1.29 is 9.53 Å². The van der Waals surface area contributed by atoms with Gasteiger partial charge in [0.25, 0.3) is 0 Å². The summed E-state index contributed by atoms with van der Waals surface area (Å²) in [6, 6.07) is 0. The maximum absolute atomic E-state index is 11.4. The second-order valence-electron chi connectivity index (χ2n) is 3.82. The number of hydrogen-bond donors (Lipinski definition) is 1. The molecule has 0 amide bonds. The first kappa shape index (κ1) is 12.5. The van der Waals surface area contributed by atoms with E-state index in [-0.39, 0.29) is 12.5 Å². The molecular formula is C11H19N3O2. The van der Waals surface area contributed by atoms with Crippen LogP contribution in [0.5, 0.6) is 0 Å². The molecule has 0 unspecified atom stereocenters. The third kappa shape index (κ3) is 2.98. The number of anilines is 1. The predicted octanol–water partition coefficient (Wildman–Crippen LogP) is 1.43. The Kier molecular flexibility index (Phi) is 4.34. The van der Waals surface area contributed by atoms with Gasteiger partial charge in [-0.1, -0.05) is 13.3 Å². The van der Waals surface area contributed by atoms with Crippen LogP contribution in [0.3, 0.4) is 0 Å². The summed E-state index contributed by atoms with van der Waals surface area (Å²) in [5.74, 6) is -0.265. The molecule has 90 valence electrons.